The Bertz CT molecular complexity index is 2810. The summed E-state index contributed by atoms with van der Waals surface area (Å²) in [6, 6.07) is 47.0. The molecule has 0 aliphatic heterocycles. The predicted octanol–water partition coefficient (Wildman–Crippen LogP) is 10.3. The lowest BCUT2D eigenvalue weighted by Crippen LogP contribution is -2.00. The van der Waals surface area contributed by atoms with Crippen LogP contribution in [0.5, 0.6) is 0 Å². The zero-order valence-electron chi connectivity index (χ0n) is 26.6. The Balaban J connectivity index is 1.16. The molecule has 0 fully saturated rings. The molecular formula is C43H26N6O. The highest BCUT2D eigenvalue weighted by Crippen LogP contribution is 2.39. The van der Waals surface area contributed by atoms with Crippen molar-refractivity contribution in [1.82, 2.24) is 29.5 Å². The fraction of sp³-hybridized carbons (Fsp3) is 0. The van der Waals surface area contributed by atoms with Crippen LogP contribution >= 0.6 is 0 Å². The number of hydrogen-bond donors (Lipinski definition) is 0. The van der Waals surface area contributed by atoms with E-state index < -0.39 is 0 Å². The number of para-hydroxylation sites is 1. The highest BCUT2D eigenvalue weighted by molar-refractivity contribution is 6.13. The lowest BCUT2D eigenvalue weighted by Gasteiger charge is -2.09. The first-order valence-corrected chi connectivity index (χ1v) is 16.4. The minimum atomic E-state index is 0.584. The van der Waals surface area contributed by atoms with Crippen molar-refractivity contribution in [2.75, 3.05) is 0 Å². The van der Waals surface area contributed by atoms with Gasteiger partial charge in [-0.3, -0.25) is 9.55 Å². The molecule has 0 amide bonds. The van der Waals surface area contributed by atoms with E-state index in [4.69, 9.17) is 24.4 Å². The number of aromatic nitrogens is 6. The fourth-order valence-corrected chi connectivity index (χ4v) is 6.86. The Morgan fingerprint density at radius 1 is 0.480 bits per heavy atom. The van der Waals surface area contributed by atoms with Crippen LogP contribution in [0.2, 0.25) is 0 Å². The van der Waals surface area contributed by atoms with Crippen LogP contribution in [-0.4, -0.2) is 29.5 Å². The van der Waals surface area contributed by atoms with Crippen LogP contribution in [0.1, 0.15) is 0 Å². The molecule has 0 aliphatic rings. The zero-order valence-corrected chi connectivity index (χ0v) is 26.6. The fourth-order valence-electron chi connectivity index (χ4n) is 6.86. The minimum absolute atomic E-state index is 0.584. The van der Waals surface area contributed by atoms with E-state index in [1.807, 2.05) is 122 Å². The summed E-state index contributed by atoms with van der Waals surface area (Å²) in [6.45, 7) is 0. The summed E-state index contributed by atoms with van der Waals surface area (Å²) in [5.41, 5.74) is 9.31. The first kappa shape index (κ1) is 28.1. The SMILES string of the molecule is c1ccc(-c2nc(-c3ccccc3)nc(-c3cccc4oc5ccc(-c6cnc7c(c6)c6cnccc6n7-c6ccccc6)cc5c34)n2)cc1. The van der Waals surface area contributed by atoms with Gasteiger partial charge in [0.1, 0.15) is 16.8 Å². The van der Waals surface area contributed by atoms with Crippen LogP contribution in [0, 0.1) is 0 Å². The maximum atomic E-state index is 6.42. The van der Waals surface area contributed by atoms with Crippen LogP contribution in [0.25, 0.3) is 94.9 Å². The molecule has 0 unspecified atom stereocenters. The van der Waals surface area contributed by atoms with Crippen molar-refractivity contribution in [3.63, 3.8) is 0 Å². The van der Waals surface area contributed by atoms with Gasteiger partial charge >= 0.3 is 0 Å². The van der Waals surface area contributed by atoms with E-state index in [1.54, 1.807) is 0 Å². The van der Waals surface area contributed by atoms with Crippen molar-refractivity contribution < 1.29 is 4.42 Å². The van der Waals surface area contributed by atoms with Crippen molar-refractivity contribution in [2.45, 2.75) is 0 Å². The molecule has 10 rings (SSSR count). The standard InChI is InChI=1S/C43H26N6O/c1-4-11-27(12-5-1)40-46-41(28-13-6-2-7-14-28)48-42(47-40)32-17-10-18-38-39(32)34-23-29(19-20-37(34)50-38)30-24-33-35-26-44-22-21-36(35)49(43(33)45-25-30)31-15-8-3-9-16-31/h1-26H. The first-order chi connectivity index (χ1) is 24.8. The number of furan rings is 1. The van der Waals surface area contributed by atoms with Crippen LogP contribution < -0.4 is 0 Å². The van der Waals surface area contributed by atoms with E-state index in [0.717, 1.165) is 77.4 Å². The molecular weight excluding hydrogens is 617 g/mol. The molecule has 0 radical (unpaired) electrons. The lowest BCUT2D eigenvalue weighted by atomic mass is 10.0. The molecule has 0 spiro atoms. The molecule has 5 aromatic heterocycles. The molecule has 5 aromatic carbocycles. The Morgan fingerprint density at radius 3 is 1.90 bits per heavy atom. The van der Waals surface area contributed by atoms with Crippen LogP contribution in [0.4, 0.5) is 0 Å². The van der Waals surface area contributed by atoms with Crippen LogP contribution in [0.3, 0.4) is 0 Å². The third-order valence-corrected chi connectivity index (χ3v) is 9.19. The maximum Gasteiger partial charge on any atom is 0.164 e. The topological polar surface area (TPSA) is 82.5 Å². The average Bonchev–Trinajstić information content (AvgIpc) is 3.74. The second-order valence-corrected chi connectivity index (χ2v) is 12.2. The van der Waals surface area contributed by atoms with Gasteiger partial charge in [0.05, 0.1) is 5.52 Å². The summed E-state index contributed by atoms with van der Waals surface area (Å²) in [5.74, 6) is 1.81. The molecule has 7 heteroatoms. The third-order valence-electron chi connectivity index (χ3n) is 9.19. The summed E-state index contributed by atoms with van der Waals surface area (Å²) in [4.78, 5) is 24.4. The highest BCUT2D eigenvalue weighted by Gasteiger charge is 2.19. The lowest BCUT2D eigenvalue weighted by molar-refractivity contribution is 0.669. The third kappa shape index (κ3) is 4.56. The van der Waals surface area contributed by atoms with Gasteiger partial charge < -0.3 is 4.42 Å². The summed E-state index contributed by atoms with van der Waals surface area (Å²) >= 11 is 0. The number of pyridine rings is 2. The Hall–Kier alpha value is -6.99. The number of fused-ring (bicyclic) bond motifs is 6. The molecule has 0 atom stereocenters. The van der Waals surface area contributed by atoms with E-state index in [-0.39, 0.29) is 0 Å². The van der Waals surface area contributed by atoms with Gasteiger partial charge in [-0.25, -0.2) is 19.9 Å². The van der Waals surface area contributed by atoms with Gasteiger partial charge in [-0.15, -0.1) is 0 Å². The molecule has 0 N–H and O–H groups in total. The Labute approximate surface area is 286 Å². The molecule has 0 bridgehead atoms. The molecule has 10 aromatic rings. The van der Waals surface area contributed by atoms with Crippen molar-refractivity contribution in [1.29, 1.82) is 0 Å². The van der Waals surface area contributed by atoms with Crippen molar-refractivity contribution in [3.05, 3.63) is 158 Å². The van der Waals surface area contributed by atoms with E-state index in [9.17, 15) is 0 Å². The van der Waals surface area contributed by atoms with Crippen molar-refractivity contribution in [2.24, 2.45) is 0 Å². The molecule has 0 saturated carbocycles. The zero-order chi connectivity index (χ0) is 33.0. The largest absolute Gasteiger partial charge is 0.456 e. The highest BCUT2D eigenvalue weighted by atomic mass is 16.3. The van der Waals surface area contributed by atoms with Crippen molar-refractivity contribution in [3.8, 4) is 51.0 Å². The molecule has 234 valence electrons. The smallest absolute Gasteiger partial charge is 0.164 e. The summed E-state index contributed by atoms with van der Waals surface area (Å²) in [7, 11) is 0. The van der Waals surface area contributed by atoms with E-state index in [1.165, 1.54) is 0 Å². The van der Waals surface area contributed by atoms with Gasteiger partial charge in [0.15, 0.2) is 17.5 Å². The van der Waals surface area contributed by atoms with Crippen LogP contribution in [0.15, 0.2) is 163 Å². The maximum absolute atomic E-state index is 6.42. The Morgan fingerprint density at radius 2 is 1.16 bits per heavy atom. The average molecular weight is 643 g/mol. The van der Waals surface area contributed by atoms with Gasteiger partial charge in [-0.1, -0.05) is 97.1 Å². The first-order valence-electron chi connectivity index (χ1n) is 16.4. The normalized spacial score (nSPS) is 11.6. The van der Waals surface area contributed by atoms with Crippen LogP contribution in [-0.2, 0) is 0 Å². The number of benzene rings is 5. The van der Waals surface area contributed by atoms with Gasteiger partial charge in [-0.2, -0.15) is 0 Å². The molecule has 50 heavy (non-hydrogen) atoms. The van der Waals surface area contributed by atoms with Gasteiger partial charge in [-0.05, 0) is 48.0 Å². The van der Waals surface area contributed by atoms with Gasteiger partial charge in [0.25, 0.3) is 0 Å². The molecule has 0 saturated heterocycles. The Kier molecular flexibility index (Phi) is 6.35. The number of rotatable bonds is 5. The van der Waals surface area contributed by atoms with E-state index >= 15 is 0 Å². The van der Waals surface area contributed by atoms with Gasteiger partial charge in [0, 0.05) is 68.1 Å². The second-order valence-electron chi connectivity index (χ2n) is 12.2. The van der Waals surface area contributed by atoms with E-state index in [2.05, 4.69) is 45.9 Å². The van der Waals surface area contributed by atoms with Gasteiger partial charge in [0.2, 0.25) is 0 Å². The van der Waals surface area contributed by atoms with Crippen molar-refractivity contribution >= 4 is 43.9 Å². The predicted molar refractivity (Wildman–Crippen MR) is 199 cm³/mol. The minimum Gasteiger partial charge on any atom is -0.456 e. The molecule has 5 heterocycles. The monoisotopic (exact) mass is 642 g/mol. The second kappa shape index (κ2) is 11.3. The molecule has 0 aliphatic carbocycles. The summed E-state index contributed by atoms with van der Waals surface area (Å²) in [6.07, 6.45) is 5.70. The molecule has 7 nitrogen and oxygen atoms in total. The quantitative estimate of drug-likeness (QED) is 0.186. The summed E-state index contributed by atoms with van der Waals surface area (Å²) in [5, 5.41) is 4.02. The van der Waals surface area contributed by atoms with E-state index in [0.29, 0.717) is 17.5 Å². The summed E-state index contributed by atoms with van der Waals surface area (Å²) < 4.78 is 8.61. The number of nitrogens with zero attached hydrogens (tertiary/aromatic N) is 6. The number of hydrogen-bond acceptors (Lipinski definition) is 6.